The summed E-state index contributed by atoms with van der Waals surface area (Å²) in [6.07, 6.45) is 1.26. The number of aliphatic imine (C=N–C) groups is 1. The smallest absolute Gasteiger partial charge is 0.221 e. The van der Waals surface area contributed by atoms with Crippen LogP contribution in [0.4, 0.5) is 0 Å². The summed E-state index contributed by atoms with van der Waals surface area (Å²) < 4.78 is 11.6. The number of para-hydroxylation sites is 2. The number of rotatable bonds is 7. The van der Waals surface area contributed by atoms with Gasteiger partial charge in [-0.15, -0.1) is 24.0 Å². The van der Waals surface area contributed by atoms with Crippen molar-refractivity contribution < 1.29 is 14.3 Å². The molecule has 0 aliphatic carbocycles. The van der Waals surface area contributed by atoms with Crippen LogP contribution in [-0.4, -0.2) is 51.3 Å². The van der Waals surface area contributed by atoms with Gasteiger partial charge in [0.2, 0.25) is 5.91 Å². The molecule has 7 nitrogen and oxygen atoms in total. The third-order valence-electron chi connectivity index (χ3n) is 3.50. The van der Waals surface area contributed by atoms with Crippen LogP contribution in [0.2, 0.25) is 0 Å². The molecule has 0 radical (unpaired) electrons. The average molecular weight is 462 g/mol. The summed E-state index contributed by atoms with van der Waals surface area (Å²) in [5, 5.41) is 9.15. The SMILES string of the molecule is CCCNC(=O)CCNC(=NC)NCC1COc2ccccc2O1.I. The zero-order valence-electron chi connectivity index (χ0n) is 14.7. The van der Waals surface area contributed by atoms with Crippen LogP contribution in [0.15, 0.2) is 29.3 Å². The van der Waals surface area contributed by atoms with Gasteiger partial charge in [-0.05, 0) is 18.6 Å². The highest BCUT2D eigenvalue weighted by Gasteiger charge is 2.20. The number of halogens is 1. The van der Waals surface area contributed by atoms with Gasteiger partial charge in [0.1, 0.15) is 12.7 Å². The monoisotopic (exact) mass is 462 g/mol. The number of benzene rings is 1. The lowest BCUT2D eigenvalue weighted by molar-refractivity contribution is -0.120. The fraction of sp³-hybridized carbons (Fsp3) is 0.529. The third-order valence-corrected chi connectivity index (χ3v) is 3.50. The van der Waals surface area contributed by atoms with E-state index in [0.29, 0.717) is 38.6 Å². The first-order valence-electron chi connectivity index (χ1n) is 8.32. The zero-order chi connectivity index (χ0) is 17.2. The van der Waals surface area contributed by atoms with Crippen molar-refractivity contribution >= 4 is 35.8 Å². The third kappa shape index (κ3) is 7.37. The van der Waals surface area contributed by atoms with Gasteiger partial charge in [0.25, 0.3) is 0 Å². The Morgan fingerprint density at radius 3 is 2.68 bits per heavy atom. The maximum absolute atomic E-state index is 11.5. The molecule has 0 bridgehead atoms. The Labute approximate surface area is 166 Å². The number of nitrogens with one attached hydrogen (secondary N) is 3. The van der Waals surface area contributed by atoms with Crippen LogP contribution >= 0.6 is 24.0 Å². The Morgan fingerprint density at radius 2 is 1.96 bits per heavy atom. The number of guanidine groups is 1. The number of amides is 1. The summed E-state index contributed by atoms with van der Waals surface area (Å²) >= 11 is 0. The van der Waals surface area contributed by atoms with Crippen LogP contribution in [0.3, 0.4) is 0 Å². The second kappa shape index (κ2) is 11.8. The van der Waals surface area contributed by atoms with E-state index in [1.165, 1.54) is 0 Å². The molecule has 0 spiro atoms. The lowest BCUT2D eigenvalue weighted by Gasteiger charge is -2.27. The molecule has 0 saturated heterocycles. The molecule has 25 heavy (non-hydrogen) atoms. The van der Waals surface area contributed by atoms with E-state index in [0.717, 1.165) is 17.9 Å². The molecule has 1 aliphatic rings. The van der Waals surface area contributed by atoms with Crippen molar-refractivity contribution in [1.82, 2.24) is 16.0 Å². The van der Waals surface area contributed by atoms with Crippen molar-refractivity contribution in [2.75, 3.05) is 33.3 Å². The molecule has 140 valence electrons. The normalized spacial score (nSPS) is 15.8. The number of carbonyl (C=O) groups excluding carboxylic acids is 1. The summed E-state index contributed by atoms with van der Waals surface area (Å²) in [6.45, 7) is 4.32. The molecule has 1 aliphatic heterocycles. The Kier molecular flexibility index (Phi) is 10.0. The lowest BCUT2D eigenvalue weighted by atomic mass is 10.2. The van der Waals surface area contributed by atoms with Crippen LogP contribution in [-0.2, 0) is 4.79 Å². The van der Waals surface area contributed by atoms with Crippen molar-refractivity contribution in [2.24, 2.45) is 4.99 Å². The predicted molar refractivity (Wildman–Crippen MR) is 109 cm³/mol. The van der Waals surface area contributed by atoms with Crippen molar-refractivity contribution in [3.8, 4) is 11.5 Å². The summed E-state index contributed by atoms with van der Waals surface area (Å²) in [6, 6.07) is 7.62. The van der Waals surface area contributed by atoms with Crippen LogP contribution in [0.1, 0.15) is 19.8 Å². The van der Waals surface area contributed by atoms with Crippen LogP contribution in [0.5, 0.6) is 11.5 Å². The molecule has 1 aromatic rings. The molecular weight excluding hydrogens is 435 g/mol. The van der Waals surface area contributed by atoms with Gasteiger partial charge in [0.05, 0.1) is 6.54 Å². The molecule has 1 atom stereocenters. The summed E-state index contributed by atoms with van der Waals surface area (Å²) in [7, 11) is 1.69. The highest BCUT2D eigenvalue weighted by molar-refractivity contribution is 14.0. The second-order valence-corrected chi connectivity index (χ2v) is 5.48. The topological polar surface area (TPSA) is 84.0 Å². The van der Waals surface area contributed by atoms with E-state index in [4.69, 9.17) is 9.47 Å². The molecule has 1 unspecified atom stereocenters. The first-order valence-corrected chi connectivity index (χ1v) is 8.32. The van der Waals surface area contributed by atoms with E-state index in [1.807, 2.05) is 31.2 Å². The highest BCUT2D eigenvalue weighted by Crippen LogP contribution is 2.30. The molecular formula is C17H27IN4O3. The van der Waals surface area contributed by atoms with Gasteiger partial charge in [0.15, 0.2) is 17.5 Å². The largest absolute Gasteiger partial charge is 0.486 e. The summed E-state index contributed by atoms with van der Waals surface area (Å²) in [5.41, 5.74) is 0. The highest BCUT2D eigenvalue weighted by atomic mass is 127. The average Bonchev–Trinajstić information content (AvgIpc) is 2.62. The maximum atomic E-state index is 11.5. The zero-order valence-corrected chi connectivity index (χ0v) is 17.0. The number of hydrogen-bond acceptors (Lipinski definition) is 4. The van der Waals surface area contributed by atoms with Crippen molar-refractivity contribution in [3.63, 3.8) is 0 Å². The van der Waals surface area contributed by atoms with Crippen molar-refractivity contribution in [2.45, 2.75) is 25.9 Å². The Hall–Kier alpha value is -1.71. The van der Waals surface area contributed by atoms with E-state index >= 15 is 0 Å². The van der Waals surface area contributed by atoms with E-state index in [-0.39, 0.29) is 36.0 Å². The molecule has 2 rings (SSSR count). The van der Waals surface area contributed by atoms with Gasteiger partial charge in [-0.25, -0.2) is 0 Å². The first kappa shape index (κ1) is 21.3. The number of nitrogens with zero attached hydrogens (tertiary/aromatic N) is 1. The van der Waals surface area contributed by atoms with Gasteiger partial charge >= 0.3 is 0 Å². The van der Waals surface area contributed by atoms with Crippen LogP contribution in [0, 0.1) is 0 Å². The van der Waals surface area contributed by atoms with Crippen LogP contribution in [0.25, 0.3) is 0 Å². The minimum atomic E-state index is -0.0914. The fourth-order valence-corrected chi connectivity index (χ4v) is 2.24. The van der Waals surface area contributed by atoms with E-state index < -0.39 is 0 Å². The van der Waals surface area contributed by atoms with Gasteiger partial charge in [-0.1, -0.05) is 19.1 Å². The molecule has 0 aromatic heterocycles. The molecule has 8 heteroatoms. The van der Waals surface area contributed by atoms with Crippen LogP contribution < -0.4 is 25.4 Å². The van der Waals surface area contributed by atoms with E-state index in [2.05, 4.69) is 20.9 Å². The summed E-state index contributed by atoms with van der Waals surface area (Å²) in [4.78, 5) is 15.7. The maximum Gasteiger partial charge on any atom is 0.221 e. The molecule has 3 N–H and O–H groups in total. The number of fused-ring (bicyclic) bond motifs is 1. The molecule has 0 saturated carbocycles. The van der Waals surface area contributed by atoms with Gasteiger partial charge in [-0.2, -0.15) is 0 Å². The number of ether oxygens (including phenoxy) is 2. The predicted octanol–water partition coefficient (Wildman–Crippen LogP) is 1.53. The number of carbonyl (C=O) groups is 1. The van der Waals surface area contributed by atoms with Gasteiger partial charge < -0.3 is 25.4 Å². The Morgan fingerprint density at radius 1 is 1.20 bits per heavy atom. The number of hydrogen-bond donors (Lipinski definition) is 3. The second-order valence-electron chi connectivity index (χ2n) is 5.48. The fourth-order valence-electron chi connectivity index (χ4n) is 2.24. The lowest BCUT2D eigenvalue weighted by Crippen LogP contribution is -2.46. The minimum absolute atomic E-state index is 0. The van der Waals surface area contributed by atoms with Crippen molar-refractivity contribution in [1.29, 1.82) is 0 Å². The first-order chi connectivity index (χ1) is 11.7. The Balaban J connectivity index is 0.00000312. The molecule has 1 aromatic carbocycles. The molecule has 1 heterocycles. The van der Waals surface area contributed by atoms with Gasteiger partial charge in [-0.3, -0.25) is 9.79 Å². The van der Waals surface area contributed by atoms with Crippen molar-refractivity contribution in [3.05, 3.63) is 24.3 Å². The summed E-state index contributed by atoms with van der Waals surface area (Å²) in [5.74, 6) is 2.21. The molecule has 0 fully saturated rings. The minimum Gasteiger partial charge on any atom is -0.486 e. The van der Waals surface area contributed by atoms with Gasteiger partial charge in [0, 0.05) is 26.6 Å². The standard InChI is InChI=1S/C17H26N4O3.HI/c1-3-9-19-16(22)8-10-20-17(18-2)21-11-13-12-23-14-6-4-5-7-15(14)24-13;/h4-7,13H,3,8-12H2,1-2H3,(H,19,22)(H2,18,20,21);1H. The van der Waals surface area contributed by atoms with E-state index in [1.54, 1.807) is 7.05 Å². The Bertz CT molecular complexity index is 569. The molecule has 1 amide bonds. The quantitative estimate of drug-likeness (QED) is 0.325. The van der Waals surface area contributed by atoms with E-state index in [9.17, 15) is 4.79 Å².